The number of carbonyl (C=O) groups is 2. The summed E-state index contributed by atoms with van der Waals surface area (Å²) in [6, 6.07) is 7.47. The first-order chi connectivity index (χ1) is 18.1. The van der Waals surface area contributed by atoms with Crippen molar-refractivity contribution in [3.05, 3.63) is 35.1 Å². The summed E-state index contributed by atoms with van der Waals surface area (Å²) in [5.74, 6) is -0.672. The van der Waals surface area contributed by atoms with Gasteiger partial charge in [0.2, 0.25) is 0 Å². The number of likely N-dealkylation sites (tertiary alicyclic amines) is 1. The molecule has 3 saturated heterocycles. The second kappa shape index (κ2) is 10.9. The highest BCUT2D eigenvalue weighted by atomic mass is 19.1. The van der Waals surface area contributed by atoms with Gasteiger partial charge < -0.3 is 9.47 Å². The summed E-state index contributed by atoms with van der Waals surface area (Å²) in [7, 11) is 0. The van der Waals surface area contributed by atoms with Crippen LogP contribution in [0.2, 0.25) is 0 Å². The number of benzene rings is 1. The zero-order valence-electron chi connectivity index (χ0n) is 22.8. The summed E-state index contributed by atoms with van der Waals surface area (Å²) >= 11 is 0. The number of hydrogen-bond donors (Lipinski definition) is 0. The smallest absolute Gasteiger partial charge is 0.411 e. The van der Waals surface area contributed by atoms with Gasteiger partial charge in [-0.3, -0.25) is 14.6 Å². The summed E-state index contributed by atoms with van der Waals surface area (Å²) in [5.41, 5.74) is 0.812. The fraction of sp³-hybridized carbons (Fsp3) is 0.700. The molecule has 4 fully saturated rings. The lowest BCUT2D eigenvalue weighted by molar-refractivity contribution is -0.126. The lowest BCUT2D eigenvalue weighted by atomic mass is 9.84. The zero-order chi connectivity index (χ0) is 27.0. The number of ketones is 1. The van der Waals surface area contributed by atoms with Gasteiger partial charge in [-0.1, -0.05) is 12.1 Å². The Labute approximate surface area is 225 Å². The van der Waals surface area contributed by atoms with Crippen LogP contribution in [0.15, 0.2) is 18.2 Å². The Bertz CT molecular complexity index is 1100. The second-order valence-electron chi connectivity index (χ2n) is 12.6. The molecule has 0 aromatic heterocycles. The number of amides is 1. The van der Waals surface area contributed by atoms with Gasteiger partial charge in [0, 0.05) is 25.0 Å². The van der Waals surface area contributed by atoms with E-state index < -0.39 is 23.7 Å². The third kappa shape index (κ3) is 5.74. The average molecular weight is 526 g/mol. The standard InChI is InChI=1S/C30H40FN3O4/c1-30(2,3)38-29(36)34-24-7-6-23(15-24)28(34)27(35)13-19(17-32)12-22-5-4-20(16-26(22)31)21-8-9-33-10-11-37-18-25(33)14-21/h4-5,16,19,21,23-25,28H,6-15,18H2,1-3H3/t19-,21-,23+,24-,25-,28+/m1/s1. The van der Waals surface area contributed by atoms with E-state index in [2.05, 4.69) is 11.0 Å². The van der Waals surface area contributed by atoms with Crippen molar-refractivity contribution in [3.63, 3.8) is 0 Å². The monoisotopic (exact) mass is 525 g/mol. The van der Waals surface area contributed by atoms with Crippen LogP contribution in [0.3, 0.4) is 0 Å². The summed E-state index contributed by atoms with van der Waals surface area (Å²) in [6.45, 7) is 8.94. The van der Waals surface area contributed by atoms with Gasteiger partial charge in [-0.15, -0.1) is 0 Å². The van der Waals surface area contributed by atoms with E-state index in [4.69, 9.17) is 9.47 Å². The van der Waals surface area contributed by atoms with Gasteiger partial charge in [0.05, 0.1) is 31.2 Å². The highest BCUT2D eigenvalue weighted by Gasteiger charge is 2.52. The summed E-state index contributed by atoms with van der Waals surface area (Å²) in [4.78, 5) is 30.4. The molecule has 0 unspecified atom stereocenters. The molecule has 5 rings (SSSR count). The molecule has 1 aliphatic carbocycles. The predicted octanol–water partition coefficient (Wildman–Crippen LogP) is 4.83. The number of nitriles is 1. The van der Waals surface area contributed by atoms with E-state index in [0.29, 0.717) is 17.5 Å². The van der Waals surface area contributed by atoms with Crippen molar-refractivity contribution in [2.75, 3.05) is 26.3 Å². The SMILES string of the molecule is CC(C)(C)OC(=O)N1[C@@H]2CC[C@@H](C2)[C@H]1C(=O)C[C@H](C#N)Cc1ccc([C@@H]2CCN3CCOC[C@H]3C2)cc1F. The molecule has 38 heavy (non-hydrogen) atoms. The maximum absolute atomic E-state index is 15.2. The number of Topliss-reactive ketones (excluding diaryl/α,β-unsaturated/α-hetero) is 1. The lowest BCUT2D eigenvalue weighted by Gasteiger charge is -2.42. The topological polar surface area (TPSA) is 82.9 Å². The molecule has 8 heteroatoms. The minimum atomic E-state index is -0.648. The highest BCUT2D eigenvalue weighted by Crippen LogP contribution is 2.44. The number of nitrogens with zero attached hydrogens (tertiary/aromatic N) is 3. The number of hydrogen-bond acceptors (Lipinski definition) is 6. The molecule has 0 spiro atoms. The van der Waals surface area contributed by atoms with Crippen LogP contribution >= 0.6 is 0 Å². The van der Waals surface area contributed by atoms with E-state index in [0.717, 1.165) is 64.0 Å². The highest BCUT2D eigenvalue weighted by molar-refractivity contribution is 5.89. The van der Waals surface area contributed by atoms with Crippen LogP contribution in [0.25, 0.3) is 0 Å². The first-order valence-corrected chi connectivity index (χ1v) is 14.2. The lowest BCUT2D eigenvalue weighted by Crippen LogP contribution is -2.51. The van der Waals surface area contributed by atoms with Crippen molar-refractivity contribution in [2.24, 2.45) is 11.8 Å². The molecule has 1 aromatic rings. The van der Waals surface area contributed by atoms with E-state index in [1.54, 1.807) is 17.0 Å². The van der Waals surface area contributed by atoms with Crippen molar-refractivity contribution < 1.29 is 23.5 Å². The minimum Gasteiger partial charge on any atom is -0.444 e. The zero-order valence-corrected chi connectivity index (χ0v) is 22.8. The fourth-order valence-corrected chi connectivity index (χ4v) is 7.03. The minimum absolute atomic E-state index is 0.00498. The molecule has 206 valence electrons. The number of ether oxygens (including phenoxy) is 2. The first-order valence-electron chi connectivity index (χ1n) is 14.2. The Kier molecular flexibility index (Phi) is 7.79. The molecule has 3 heterocycles. The Morgan fingerprint density at radius 3 is 2.74 bits per heavy atom. The Morgan fingerprint density at radius 1 is 1.18 bits per heavy atom. The van der Waals surface area contributed by atoms with Gasteiger partial charge in [-0.05, 0) is 94.9 Å². The van der Waals surface area contributed by atoms with Gasteiger partial charge in [0.15, 0.2) is 5.78 Å². The third-order valence-corrected chi connectivity index (χ3v) is 8.84. The maximum Gasteiger partial charge on any atom is 0.411 e. The van der Waals surface area contributed by atoms with E-state index >= 15 is 4.39 Å². The predicted molar refractivity (Wildman–Crippen MR) is 140 cm³/mol. The van der Waals surface area contributed by atoms with Crippen LogP contribution in [0.5, 0.6) is 0 Å². The van der Waals surface area contributed by atoms with E-state index in [-0.39, 0.29) is 36.4 Å². The van der Waals surface area contributed by atoms with Crippen LogP contribution in [-0.4, -0.2) is 71.7 Å². The number of carbonyl (C=O) groups excluding carboxylic acids is 2. The van der Waals surface area contributed by atoms with Crippen LogP contribution in [0.4, 0.5) is 9.18 Å². The number of halogens is 1. The molecule has 7 nitrogen and oxygen atoms in total. The summed E-state index contributed by atoms with van der Waals surface area (Å²) in [5, 5.41) is 9.85. The van der Waals surface area contributed by atoms with Crippen LogP contribution in [-0.2, 0) is 20.7 Å². The van der Waals surface area contributed by atoms with Gasteiger partial charge >= 0.3 is 6.09 Å². The Hall–Kier alpha value is -2.50. The average Bonchev–Trinajstić information content (AvgIpc) is 3.50. The molecular formula is C30H40FN3O4. The van der Waals surface area contributed by atoms with Crippen molar-refractivity contribution in [2.45, 2.75) is 95.4 Å². The largest absolute Gasteiger partial charge is 0.444 e. The Morgan fingerprint density at radius 2 is 2.00 bits per heavy atom. The molecule has 1 amide bonds. The normalized spacial score (nSPS) is 30.0. The summed E-state index contributed by atoms with van der Waals surface area (Å²) in [6.07, 6.45) is 4.27. The van der Waals surface area contributed by atoms with Gasteiger partial charge in [0.1, 0.15) is 11.4 Å². The molecule has 1 aromatic carbocycles. The fourth-order valence-electron chi connectivity index (χ4n) is 7.03. The van der Waals surface area contributed by atoms with Crippen molar-refractivity contribution >= 4 is 11.9 Å². The molecule has 6 atom stereocenters. The molecule has 0 N–H and O–H groups in total. The van der Waals surface area contributed by atoms with E-state index in [1.165, 1.54) is 0 Å². The van der Waals surface area contributed by atoms with Gasteiger partial charge in [-0.25, -0.2) is 9.18 Å². The molecule has 0 radical (unpaired) electrons. The molecule has 2 bridgehead atoms. The number of rotatable bonds is 6. The number of morpholine rings is 1. The van der Waals surface area contributed by atoms with Crippen molar-refractivity contribution in [3.8, 4) is 6.07 Å². The number of fused-ring (bicyclic) bond motifs is 3. The van der Waals surface area contributed by atoms with Crippen LogP contribution in [0.1, 0.15) is 76.3 Å². The summed E-state index contributed by atoms with van der Waals surface area (Å²) < 4.78 is 26.5. The van der Waals surface area contributed by atoms with Crippen molar-refractivity contribution in [1.82, 2.24) is 9.80 Å². The first kappa shape index (κ1) is 27.1. The molecular weight excluding hydrogens is 485 g/mol. The molecule has 3 aliphatic heterocycles. The van der Waals surface area contributed by atoms with Gasteiger partial charge in [-0.2, -0.15) is 5.26 Å². The maximum atomic E-state index is 15.2. The quantitative estimate of drug-likeness (QED) is 0.529. The Balaban J connectivity index is 1.22. The van der Waals surface area contributed by atoms with E-state index in [9.17, 15) is 14.9 Å². The molecule has 1 saturated carbocycles. The van der Waals surface area contributed by atoms with Crippen LogP contribution in [0, 0.1) is 29.0 Å². The second-order valence-corrected chi connectivity index (χ2v) is 12.6. The van der Waals surface area contributed by atoms with Crippen LogP contribution < -0.4 is 0 Å². The van der Waals surface area contributed by atoms with Gasteiger partial charge in [0.25, 0.3) is 0 Å². The third-order valence-electron chi connectivity index (χ3n) is 8.84. The van der Waals surface area contributed by atoms with E-state index in [1.807, 2.05) is 26.8 Å². The van der Waals surface area contributed by atoms with Crippen molar-refractivity contribution in [1.29, 1.82) is 5.26 Å². The molecule has 4 aliphatic rings. The number of piperidine rings is 2.